The van der Waals surface area contributed by atoms with Crippen LogP contribution >= 0.6 is 0 Å². The van der Waals surface area contributed by atoms with Gasteiger partial charge in [-0.2, -0.15) is 0 Å². The maximum absolute atomic E-state index is 12.1. The van der Waals surface area contributed by atoms with Gasteiger partial charge in [0.2, 0.25) is 10.0 Å². The van der Waals surface area contributed by atoms with Crippen LogP contribution in [0.4, 0.5) is 11.4 Å². The second-order valence-corrected chi connectivity index (χ2v) is 8.43. The van der Waals surface area contributed by atoms with Crippen molar-refractivity contribution in [2.45, 2.75) is 17.9 Å². The van der Waals surface area contributed by atoms with Crippen LogP contribution in [-0.2, 0) is 19.9 Å². The van der Waals surface area contributed by atoms with Gasteiger partial charge in [-0.05, 0) is 19.1 Å². The molecule has 118 valence electrons. The Kier molecular flexibility index (Phi) is 4.91. The molecule has 3 N–H and O–H groups in total. The predicted octanol–water partition coefficient (Wildman–Crippen LogP) is -0.112. The summed E-state index contributed by atoms with van der Waals surface area (Å²) in [6.07, 6.45) is 0.959. The molecular weight excluding hydrogens is 322 g/mol. The van der Waals surface area contributed by atoms with Crippen LogP contribution in [0.5, 0.6) is 0 Å². The summed E-state index contributed by atoms with van der Waals surface area (Å²) in [5.41, 5.74) is 4.39. The van der Waals surface area contributed by atoms with Gasteiger partial charge in [0.15, 0.2) is 4.90 Å². The van der Waals surface area contributed by atoms with Crippen molar-refractivity contribution in [3.63, 3.8) is 0 Å². The van der Waals surface area contributed by atoms with Crippen LogP contribution in [0.25, 0.3) is 0 Å². The molecule has 11 heteroatoms. The van der Waals surface area contributed by atoms with Crippen LogP contribution in [-0.4, -0.2) is 39.8 Å². The molecule has 0 aliphatic carbocycles. The summed E-state index contributed by atoms with van der Waals surface area (Å²) in [6.45, 7) is 1.34. The topological polar surface area (TPSA) is 149 Å². The molecule has 1 unspecified atom stereocenters. The highest BCUT2D eigenvalue weighted by molar-refractivity contribution is 7.91. The molecule has 0 spiro atoms. The summed E-state index contributed by atoms with van der Waals surface area (Å²) in [6, 6.07) is 2.56. The van der Waals surface area contributed by atoms with Gasteiger partial charge in [0.1, 0.15) is 15.5 Å². The average Bonchev–Trinajstić information content (AvgIpc) is 2.24. The van der Waals surface area contributed by atoms with Crippen LogP contribution in [0.1, 0.15) is 6.92 Å². The molecule has 0 heterocycles. The highest BCUT2D eigenvalue weighted by Gasteiger charge is 2.29. The van der Waals surface area contributed by atoms with Crippen molar-refractivity contribution in [3.8, 4) is 0 Å². The Morgan fingerprint density at radius 3 is 2.38 bits per heavy atom. The molecule has 0 fully saturated rings. The minimum atomic E-state index is -4.27. The van der Waals surface area contributed by atoms with Gasteiger partial charge in [0.05, 0.1) is 10.7 Å². The predicted molar refractivity (Wildman–Crippen MR) is 77.0 cm³/mol. The highest BCUT2D eigenvalue weighted by atomic mass is 32.2. The fourth-order valence-electron chi connectivity index (χ4n) is 1.77. The first kappa shape index (κ1) is 17.3. The lowest BCUT2D eigenvalue weighted by Crippen LogP contribution is -2.37. The lowest BCUT2D eigenvalue weighted by atomic mass is 10.3. The van der Waals surface area contributed by atoms with E-state index in [2.05, 4.69) is 4.72 Å². The molecule has 0 amide bonds. The Balaban J connectivity index is 3.21. The number of sulfonamides is 1. The number of nitrogens with one attached hydrogen (secondary N) is 1. The van der Waals surface area contributed by atoms with Crippen molar-refractivity contribution in [1.29, 1.82) is 0 Å². The van der Waals surface area contributed by atoms with Crippen LogP contribution < -0.4 is 10.5 Å². The zero-order chi connectivity index (χ0) is 16.4. The molecule has 1 aromatic carbocycles. The standard InChI is InChI=1S/C10H15N3O6S2/c1-7(6-20(2,16)17)12-21(18,19)9-5-3-4-8(11)10(9)13(14)15/h3-5,7,12H,6,11H2,1-2H3. The molecule has 1 aromatic rings. The summed E-state index contributed by atoms with van der Waals surface area (Å²) < 4.78 is 48.6. The number of hydrogen-bond acceptors (Lipinski definition) is 7. The van der Waals surface area contributed by atoms with E-state index in [0.29, 0.717) is 0 Å². The second kappa shape index (κ2) is 5.95. The normalized spacial score (nSPS) is 13.8. The molecule has 1 atom stereocenters. The van der Waals surface area contributed by atoms with Crippen molar-refractivity contribution in [2.24, 2.45) is 0 Å². The van der Waals surface area contributed by atoms with Crippen molar-refractivity contribution in [3.05, 3.63) is 28.3 Å². The Labute approximate surface area is 122 Å². The number of nitrogen functional groups attached to an aromatic ring is 1. The number of nitrogens with two attached hydrogens (primary N) is 1. The van der Waals surface area contributed by atoms with Crippen LogP contribution in [0.15, 0.2) is 23.1 Å². The van der Waals surface area contributed by atoms with E-state index in [9.17, 15) is 26.9 Å². The van der Waals surface area contributed by atoms with E-state index in [1.165, 1.54) is 19.1 Å². The molecule has 0 radical (unpaired) electrons. The Morgan fingerprint density at radius 1 is 1.33 bits per heavy atom. The summed E-state index contributed by atoms with van der Waals surface area (Å²) in [5.74, 6) is -0.428. The fraction of sp³-hybridized carbons (Fsp3) is 0.400. The molecule has 0 aliphatic rings. The smallest absolute Gasteiger partial charge is 0.312 e. The first-order valence-corrected chi connectivity index (χ1v) is 9.21. The van der Waals surface area contributed by atoms with Gasteiger partial charge in [-0.25, -0.2) is 21.6 Å². The molecule has 0 bridgehead atoms. The summed E-state index contributed by atoms with van der Waals surface area (Å²) >= 11 is 0. The maximum Gasteiger partial charge on any atom is 0.312 e. The van der Waals surface area contributed by atoms with Gasteiger partial charge in [0.25, 0.3) is 0 Å². The average molecular weight is 337 g/mol. The Bertz CT molecular complexity index is 757. The number of rotatable bonds is 6. The van der Waals surface area contributed by atoms with Gasteiger partial charge in [0, 0.05) is 12.3 Å². The first-order chi connectivity index (χ1) is 9.44. The van der Waals surface area contributed by atoms with Crippen LogP contribution in [0, 0.1) is 10.1 Å². The van der Waals surface area contributed by atoms with E-state index in [4.69, 9.17) is 5.73 Å². The van der Waals surface area contributed by atoms with E-state index in [0.717, 1.165) is 12.3 Å². The number of nitrogens with zero attached hydrogens (tertiary/aromatic N) is 1. The number of sulfone groups is 1. The van der Waals surface area contributed by atoms with Crippen molar-refractivity contribution in [2.75, 3.05) is 17.7 Å². The minimum Gasteiger partial charge on any atom is -0.393 e. The molecule has 0 saturated heterocycles. The number of benzene rings is 1. The number of anilines is 1. The summed E-state index contributed by atoms with van der Waals surface area (Å²) in [7, 11) is -7.66. The van der Waals surface area contributed by atoms with E-state index < -0.39 is 47.2 Å². The molecule has 1 rings (SSSR count). The van der Waals surface area contributed by atoms with Crippen molar-refractivity contribution < 1.29 is 21.8 Å². The Hall–Kier alpha value is -1.72. The molecule has 0 aliphatic heterocycles. The Morgan fingerprint density at radius 2 is 1.90 bits per heavy atom. The fourth-order valence-corrected chi connectivity index (χ4v) is 4.31. The quantitative estimate of drug-likeness (QED) is 0.417. The SMILES string of the molecule is CC(CS(C)(=O)=O)NS(=O)(=O)c1cccc(N)c1[N+](=O)[O-]. The summed E-state index contributed by atoms with van der Waals surface area (Å²) in [5, 5.41) is 10.9. The molecule has 21 heavy (non-hydrogen) atoms. The third-order valence-electron chi connectivity index (χ3n) is 2.41. The number of para-hydroxylation sites is 1. The molecular formula is C10H15N3O6S2. The van der Waals surface area contributed by atoms with E-state index in [-0.39, 0.29) is 5.69 Å². The zero-order valence-electron chi connectivity index (χ0n) is 11.3. The van der Waals surface area contributed by atoms with Crippen LogP contribution in [0.2, 0.25) is 0 Å². The zero-order valence-corrected chi connectivity index (χ0v) is 12.9. The number of hydrogen-bond donors (Lipinski definition) is 2. The molecule has 9 nitrogen and oxygen atoms in total. The largest absolute Gasteiger partial charge is 0.393 e. The van der Waals surface area contributed by atoms with Gasteiger partial charge in [-0.3, -0.25) is 10.1 Å². The van der Waals surface area contributed by atoms with E-state index in [1.807, 2.05) is 0 Å². The van der Waals surface area contributed by atoms with Crippen molar-refractivity contribution >= 4 is 31.2 Å². The monoisotopic (exact) mass is 337 g/mol. The van der Waals surface area contributed by atoms with E-state index >= 15 is 0 Å². The van der Waals surface area contributed by atoms with Gasteiger partial charge < -0.3 is 5.73 Å². The van der Waals surface area contributed by atoms with Gasteiger partial charge >= 0.3 is 5.69 Å². The van der Waals surface area contributed by atoms with Crippen LogP contribution in [0.3, 0.4) is 0 Å². The lowest BCUT2D eigenvalue weighted by Gasteiger charge is -2.13. The lowest BCUT2D eigenvalue weighted by molar-refractivity contribution is -0.386. The van der Waals surface area contributed by atoms with E-state index in [1.54, 1.807) is 0 Å². The van der Waals surface area contributed by atoms with Gasteiger partial charge in [-0.15, -0.1) is 0 Å². The number of nitro benzene ring substituents is 1. The van der Waals surface area contributed by atoms with Gasteiger partial charge in [-0.1, -0.05) is 6.07 Å². The minimum absolute atomic E-state index is 0.293. The third-order valence-corrected chi connectivity index (χ3v) is 5.14. The van der Waals surface area contributed by atoms with Crippen molar-refractivity contribution in [1.82, 2.24) is 4.72 Å². The molecule has 0 saturated carbocycles. The third kappa shape index (κ3) is 4.65. The summed E-state index contributed by atoms with van der Waals surface area (Å²) in [4.78, 5) is 9.44. The molecule has 0 aromatic heterocycles. The first-order valence-electron chi connectivity index (χ1n) is 5.67. The number of nitro groups is 1. The highest BCUT2D eigenvalue weighted by Crippen LogP contribution is 2.29. The maximum atomic E-state index is 12.1. The second-order valence-electron chi connectivity index (χ2n) is 4.57.